The van der Waals surface area contributed by atoms with Gasteiger partial charge in [0.1, 0.15) is 5.82 Å². The minimum absolute atomic E-state index is 0.0375. The summed E-state index contributed by atoms with van der Waals surface area (Å²) in [4.78, 5) is 12.8. The first-order valence-electron chi connectivity index (χ1n) is 5.17. The number of carboxylic acid groups (broad SMARTS) is 1. The highest BCUT2D eigenvalue weighted by Crippen LogP contribution is 2.36. The lowest BCUT2D eigenvalue weighted by Crippen LogP contribution is -2.53. The predicted molar refractivity (Wildman–Crippen MR) is 59.4 cm³/mol. The first-order valence-corrected chi connectivity index (χ1v) is 5.17. The van der Waals surface area contributed by atoms with E-state index in [2.05, 4.69) is 13.8 Å². The van der Waals surface area contributed by atoms with Crippen LogP contribution >= 0.6 is 0 Å². The van der Waals surface area contributed by atoms with Gasteiger partial charge in [0.15, 0.2) is 0 Å². The summed E-state index contributed by atoms with van der Waals surface area (Å²) in [6.45, 7) is 5.53. The lowest BCUT2D eigenvalue weighted by Gasteiger charge is -2.47. The molecule has 1 aliphatic rings. The molecule has 0 bridgehead atoms. The van der Waals surface area contributed by atoms with Crippen LogP contribution in [0.5, 0.6) is 0 Å². The SMILES string of the molecule is CC1(C)CN(c2c(F)cccc2C(=O)O)C1. The van der Waals surface area contributed by atoms with Gasteiger partial charge >= 0.3 is 5.97 Å². The van der Waals surface area contributed by atoms with Gasteiger partial charge in [-0.25, -0.2) is 9.18 Å². The summed E-state index contributed by atoms with van der Waals surface area (Å²) in [6.07, 6.45) is 0. The van der Waals surface area contributed by atoms with E-state index in [4.69, 9.17) is 5.11 Å². The molecule has 0 atom stereocenters. The van der Waals surface area contributed by atoms with Gasteiger partial charge in [-0.15, -0.1) is 0 Å². The monoisotopic (exact) mass is 223 g/mol. The Morgan fingerprint density at radius 2 is 2.06 bits per heavy atom. The van der Waals surface area contributed by atoms with Gasteiger partial charge < -0.3 is 10.0 Å². The van der Waals surface area contributed by atoms with E-state index in [9.17, 15) is 9.18 Å². The molecule has 3 nitrogen and oxygen atoms in total. The Morgan fingerprint density at radius 1 is 1.44 bits per heavy atom. The first kappa shape index (κ1) is 10.9. The zero-order valence-electron chi connectivity index (χ0n) is 9.33. The zero-order chi connectivity index (χ0) is 11.9. The van der Waals surface area contributed by atoms with Crippen LogP contribution in [0.2, 0.25) is 0 Å². The van der Waals surface area contributed by atoms with Crippen LogP contribution < -0.4 is 4.90 Å². The highest BCUT2D eigenvalue weighted by atomic mass is 19.1. The molecule has 0 amide bonds. The number of hydrogen-bond acceptors (Lipinski definition) is 2. The molecule has 0 saturated carbocycles. The van der Waals surface area contributed by atoms with E-state index >= 15 is 0 Å². The Labute approximate surface area is 93.5 Å². The van der Waals surface area contributed by atoms with Crippen LogP contribution in [0.15, 0.2) is 18.2 Å². The fourth-order valence-electron chi connectivity index (χ4n) is 2.15. The molecule has 0 spiro atoms. The first-order chi connectivity index (χ1) is 7.41. The molecule has 1 aromatic carbocycles. The summed E-state index contributed by atoms with van der Waals surface area (Å²) in [5.74, 6) is -1.55. The Bertz CT molecular complexity index is 435. The Kier molecular flexibility index (Phi) is 2.37. The second-order valence-corrected chi connectivity index (χ2v) is 4.96. The number of anilines is 1. The van der Waals surface area contributed by atoms with Crippen LogP contribution in [-0.2, 0) is 0 Å². The molecule has 4 heteroatoms. The van der Waals surface area contributed by atoms with Gasteiger partial charge in [0, 0.05) is 13.1 Å². The van der Waals surface area contributed by atoms with Crippen LogP contribution in [-0.4, -0.2) is 24.2 Å². The number of para-hydroxylation sites is 1. The Balaban J connectivity index is 2.37. The predicted octanol–water partition coefficient (Wildman–Crippen LogP) is 2.37. The van der Waals surface area contributed by atoms with Crippen molar-refractivity contribution < 1.29 is 14.3 Å². The van der Waals surface area contributed by atoms with Gasteiger partial charge in [0.25, 0.3) is 0 Å². The lowest BCUT2D eigenvalue weighted by molar-refractivity contribution is 0.0696. The van der Waals surface area contributed by atoms with E-state index in [0.29, 0.717) is 13.1 Å². The number of carbonyl (C=O) groups is 1. The number of aromatic carboxylic acids is 1. The van der Waals surface area contributed by atoms with Gasteiger partial charge in [-0.05, 0) is 17.5 Å². The van der Waals surface area contributed by atoms with E-state index in [0.717, 1.165) is 0 Å². The maximum atomic E-state index is 13.6. The molecule has 1 aliphatic heterocycles. The summed E-state index contributed by atoms with van der Waals surface area (Å²) >= 11 is 0. The van der Waals surface area contributed by atoms with E-state index in [1.165, 1.54) is 18.2 Å². The molecule has 0 radical (unpaired) electrons. The third-order valence-corrected chi connectivity index (χ3v) is 2.77. The molecule has 1 aromatic rings. The minimum atomic E-state index is -1.08. The molecule has 1 fully saturated rings. The van der Waals surface area contributed by atoms with Gasteiger partial charge in [-0.1, -0.05) is 19.9 Å². The number of benzene rings is 1. The highest BCUT2D eigenvalue weighted by molar-refractivity contribution is 5.94. The maximum absolute atomic E-state index is 13.6. The second kappa shape index (κ2) is 3.47. The van der Waals surface area contributed by atoms with Gasteiger partial charge in [-0.3, -0.25) is 0 Å². The van der Waals surface area contributed by atoms with E-state index in [1.54, 1.807) is 4.90 Å². The van der Waals surface area contributed by atoms with Crippen molar-refractivity contribution in [3.05, 3.63) is 29.6 Å². The van der Waals surface area contributed by atoms with Gasteiger partial charge in [-0.2, -0.15) is 0 Å². The number of rotatable bonds is 2. The van der Waals surface area contributed by atoms with Crippen molar-refractivity contribution >= 4 is 11.7 Å². The van der Waals surface area contributed by atoms with Crippen LogP contribution in [0.1, 0.15) is 24.2 Å². The summed E-state index contributed by atoms with van der Waals surface area (Å²) in [5.41, 5.74) is 0.391. The number of hydrogen-bond donors (Lipinski definition) is 1. The fraction of sp³-hybridized carbons (Fsp3) is 0.417. The topological polar surface area (TPSA) is 40.5 Å². The van der Waals surface area contributed by atoms with Crippen LogP contribution in [0.25, 0.3) is 0 Å². The summed E-state index contributed by atoms with van der Waals surface area (Å²) < 4.78 is 13.6. The molecule has 1 saturated heterocycles. The number of nitrogens with zero attached hydrogens (tertiary/aromatic N) is 1. The smallest absolute Gasteiger partial charge is 0.337 e. The average molecular weight is 223 g/mol. The van der Waals surface area contributed by atoms with Crippen LogP contribution in [0.4, 0.5) is 10.1 Å². The fourth-order valence-corrected chi connectivity index (χ4v) is 2.15. The minimum Gasteiger partial charge on any atom is -0.478 e. The van der Waals surface area contributed by atoms with Crippen molar-refractivity contribution in [2.75, 3.05) is 18.0 Å². The van der Waals surface area contributed by atoms with Gasteiger partial charge in [0.05, 0.1) is 11.3 Å². The Hall–Kier alpha value is -1.58. The molecule has 86 valence electrons. The third-order valence-electron chi connectivity index (χ3n) is 2.77. The zero-order valence-corrected chi connectivity index (χ0v) is 9.33. The third kappa shape index (κ3) is 1.75. The second-order valence-electron chi connectivity index (χ2n) is 4.96. The molecule has 16 heavy (non-hydrogen) atoms. The molecular weight excluding hydrogens is 209 g/mol. The number of halogens is 1. The highest BCUT2D eigenvalue weighted by Gasteiger charge is 2.37. The molecular formula is C12H14FNO2. The molecule has 0 aromatic heterocycles. The molecule has 2 rings (SSSR count). The van der Waals surface area contributed by atoms with E-state index in [-0.39, 0.29) is 16.7 Å². The van der Waals surface area contributed by atoms with E-state index in [1.807, 2.05) is 0 Å². The van der Waals surface area contributed by atoms with Crippen molar-refractivity contribution in [1.82, 2.24) is 0 Å². The normalized spacial score (nSPS) is 18.1. The molecule has 1 N–H and O–H groups in total. The molecule has 0 aliphatic carbocycles. The largest absolute Gasteiger partial charge is 0.478 e. The van der Waals surface area contributed by atoms with Crippen molar-refractivity contribution in [3.8, 4) is 0 Å². The van der Waals surface area contributed by atoms with Crippen LogP contribution in [0, 0.1) is 11.2 Å². The van der Waals surface area contributed by atoms with Crippen LogP contribution in [0.3, 0.4) is 0 Å². The number of carboxylic acids is 1. The summed E-state index contributed by atoms with van der Waals surface area (Å²) in [6, 6.07) is 4.16. The van der Waals surface area contributed by atoms with E-state index < -0.39 is 11.8 Å². The summed E-state index contributed by atoms with van der Waals surface area (Å²) in [7, 11) is 0. The van der Waals surface area contributed by atoms with Crippen molar-refractivity contribution in [1.29, 1.82) is 0 Å². The van der Waals surface area contributed by atoms with Crippen molar-refractivity contribution in [3.63, 3.8) is 0 Å². The lowest BCUT2D eigenvalue weighted by atomic mass is 9.83. The van der Waals surface area contributed by atoms with Gasteiger partial charge in [0.2, 0.25) is 0 Å². The summed E-state index contributed by atoms with van der Waals surface area (Å²) in [5, 5.41) is 9.00. The quantitative estimate of drug-likeness (QED) is 0.836. The standard InChI is InChI=1S/C12H14FNO2/c1-12(2)6-14(7-12)10-8(11(15)16)4-3-5-9(10)13/h3-5H,6-7H2,1-2H3,(H,15,16). The molecule has 1 heterocycles. The maximum Gasteiger partial charge on any atom is 0.337 e. The van der Waals surface area contributed by atoms with Crippen molar-refractivity contribution in [2.45, 2.75) is 13.8 Å². The Morgan fingerprint density at radius 3 is 2.56 bits per heavy atom. The van der Waals surface area contributed by atoms with Crippen molar-refractivity contribution in [2.24, 2.45) is 5.41 Å². The molecule has 0 unspecified atom stereocenters. The average Bonchev–Trinajstić information content (AvgIpc) is 2.13.